The molecule has 0 spiro atoms. The van der Waals surface area contributed by atoms with Gasteiger partial charge >= 0.3 is 5.71 Å². The van der Waals surface area contributed by atoms with Crippen molar-refractivity contribution in [3.63, 3.8) is 0 Å². The number of amides is 1. The summed E-state index contributed by atoms with van der Waals surface area (Å²) in [4.78, 5) is 13.6. The fraction of sp³-hybridized carbons (Fsp3) is 0.111. The SMILES string of the molecule is [N-]=[N+]=C(CC(N)=O)c1ccccc1. The molecule has 0 saturated carbocycles. The van der Waals surface area contributed by atoms with E-state index in [-0.39, 0.29) is 12.1 Å². The molecular weight excluding hydrogens is 166 g/mol. The minimum Gasteiger partial charge on any atom is -0.369 e. The lowest BCUT2D eigenvalue weighted by Crippen LogP contribution is -2.17. The summed E-state index contributed by atoms with van der Waals surface area (Å²) >= 11 is 0. The average molecular weight is 175 g/mol. The molecule has 0 heterocycles. The first-order valence-corrected chi connectivity index (χ1v) is 3.78. The van der Waals surface area contributed by atoms with Crippen LogP contribution in [0.15, 0.2) is 30.3 Å². The van der Waals surface area contributed by atoms with Gasteiger partial charge < -0.3 is 11.3 Å². The van der Waals surface area contributed by atoms with Crippen LogP contribution in [0.3, 0.4) is 0 Å². The van der Waals surface area contributed by atoms with Gasteiger partial charge in [0.25, 0.3) is 0 Å². The second-order valence-electron chi connectivity index (χ2n) is 2.56. The van der Waals surface area contributed by atoms with Crippen LogP contribution >= 0.6 is 0 Å². The number of hydrogen-bond acceptors (Lipinski definition) is 1. The highest BCUT2D eigenvalue weighted by Gasteiger charge is 2.13. The zero-order valence-electron chi connectivity index (χ0n) is 6.97. The molecule has 2 N–H and O–H groups in total. The molecule has 0 aliphatic carbocycles. The van der Waals surface area contributed by atoms with Crippen molar-refractivity contribution in [1.29, 1.82) is 0 Å². The van der Waals surface area contributed by atoms with Gasteiger partial charge in [0.15, 0.2) is 0 Å². The molecule has 66 valence electrons. The number of carbonyl (C=O) groups is 1. The van der Waals surface area contributed by atoms with Gasteiger partial charge in [0.05, 0.1) is 5.56 Å². The lowest BCUT2D eigenvalue weighted by Gasteiger charge is -1.92. The monoisotopic (exact) mass is 175 g/mol. The smallest absolute Gasteiger partial charge is 0.308 e. The molecule has 0 radical (unpaired) electrons. The summed E-state index contributed by atoms with van der Waals surface area (Å²) in [6.07, 6.45) is -0.0550. The van der Waals surface area contributed by atoms with Crippen LogP contribution < -0.4 is 5.73 Å². The Balaban J connectivity index is 2.93. The molecular formula is C9H9N3O. The van der Waals surface area contributed by atoms with Crippen molar-refractivity contribution >= 4 is 11.6 Å². The summed E-state index contributed by atoms with van der Waals surface area (Å²) in [7, 11) is 0. The van der Waals surface area contributed by atoms with Gasteiger partial charge in [0.2, 0.25) is 5.91 Å². The van der Waals surface area contributed by atoms with Crippen LogP contribution in [0.4, 0.5) is 0 Å². The highest BCUT2D eigenvalue weighted by Crippen LogP contribution is 2.01. The van der Waals surface area contributed by atoms with Gasteiger partial charge in [-0.2, -0.15) is 4.79 Å². The lowest BCUT2D eigenvalue weighted by atomic mass is 10.1. The van der Waals surface area contributed by atoms with Gasteiger partial charge in [-0.3, -0.25) is 4.79 Å². The molecule has 0 fully saturated rings. The van der Waals surface area contributed by atoms with Crippen LogP contribution in [0.1, 0.15) is 12.0 Å². The summed E-state index contributed by atoms with van der Waals surface area (Å²) in [5.74, 6) is -0.517. The van der Waals surface area contributed by atoms with E-state index in [4.69, 9.17) is 11.3 Å². The number of benzene rings is 1. The second-order valence-corrected chi connectivity index (χ2v) is 2.56. The van der Waals surface area contributed by atoms with Crippen molar-refractivity contribution in [2.45, 2.75) is 6.42 Å². The molecule has 0 aliphatic heterocycles. The quantitative estimate of drug-likeness (QED) is 0.407. The molecule has 1 amide bonds. The van der Waals surface area contributed by atoms with Crippen LogP contribution in [-0.2, 0) is 4.79 Å². The van der Waals surface area contributed by atoms with Gasteiger partial charge in [-0.1, -0.05) is 18.2 Å². The molecule has 0 saturated heterocycles. The molecule has 0 unspecified atom stereocenters. The Bertz CT molecular complexity index is 352. The zero-order valence-corrected chi connectivity index (χ0v) is 6.97. The molecule has 1 aromatic carbocycles. The van der Waals surface area contributed by atoms with Crippen LogP contribution in [0.25, 0.3) is 5.53 Å². The maximum Gasteiger partial charge on any atom is 0.308 e. The molecule has 1 rings (SSSR count). The Morgan fingerprint density at radius 3 is 2.46 bits per heavy atom. The summed E-state index contributed by atoms with van der Waals surface area (Å²) < 4.78 is 0. The van der Waals surface area contributed by atoms with E-state index in [1.165, 1.54) is 0 Å². The van der Waals surface area contributed by atoms with Gasteiger partial charge in [-0.25, -0.2) is 0 Å². The van der Waals surface area contributed by atoms with E-state index in [0.29, 0.717) is 5.56 Å². The van der Waals surface area contributed by atoms with E-state index in [0.717, 1.165) is 0 Å². The largest absolute Gasteiger partial charge is 0.369 e. The Hall–Kier alpha value is -1.93. The predicted octanol–water partition coefficient (Wildman–Crippen LogP) is 0.581. The van der Waals surface area contributed by atoms with Crippen LogP contribution in [0.5, 0.6) is 0 Å². The normalized spacial score (nSPS) is 8.92. The maximum atomic E-state index is 10.6. The molecule has 0 atom stereocenters. The first kappa shape index (κ1) is 9.16. The highest BCUT2D eigenvalue weighted by atomic mass is 16.1. The van der Waals surface area contributed by atoms with Crippen molar-refractivity contribution in [1.82, 2.24) is 0 Å². The Morgan fingerprint density at radius 2 is 2.00 bits per heavy atom. The van der Waals surface area contributed by atoms with E-state index >= 15 is 0 Å². The Kier molecular flexibility index (Phi) is 2.95. The van der Waals surface area contributed by atoms with Gasteiger partial charge in [0.1, 0.15) is 6.42 Å². The topological polar surface area (TPSA) is 79.5 Å². The summed E-state index contributed by atoms with van der Waals surface area (Å²) in [6, 6.07) is 8.92. The van der Waals surface area contributed by atoms with Crippen molar-refractivity contribution in [3.05, 3.63) is 41.4 Å². The standard InChI is InChI=1S/C9H9N3O/c10-9(13)6-8(12-11)7-4-2-1-3-5-7/h1-5H,6H2,(H2,10,13). The van der Waals surface area contributed by atoms with E-state index in [9.17, 15) is 4.79 Å². The molecule has 1 aromatic rings. The third kappa shape index (κ3) is 2.54. The van der Waals surface area contributed by atoms with E-state index < -0.39 is 5.91 Å². The molecule has 0 aliphatic rings. The van der Waals surface area contributed by atoms with Crippen molar-refractivity contribution in [2.75, 3.05) is 0 Å². The number of primary amides is 1. The highest BCUT2D eigenvalue weighted by molar-refractivity contribution is 6.07. The minimum atomic E-state index is -0.517. The Labute approximate surface area is 75.6 Å². The number of nitrogens with zero attached hydrogens (tertiary/aromatic N) is 2. The number of nitrogens with two attached hydrogens (primary N) is 1. The van der Waals surface area contributed by atoms with E-state index in [1.807, 2.05) is 6.07 Å². The zero-order chi connectivity index (χ0) is 9.68. The molecule has 4 heteroatoms. The third-order valence-electron chi connectivity index (χ3n) is 1.57. The van der Waals surface area contributed by atoms with Gasteiger partial charge in [-0.05, 0) is 12.1 Å². The summed E-state index contributed by atoms with van der Waals surface area (Å²) in [5, 5.41) is 0. The fourth-order valence-corrected chi connectivity index (χ4v) is 0.991. The molecule has 0 bridgehead atoms. The van der Waals surface area contributed by atoms with Crippen molar-refractivity contribution in [2.24, 2.45) is 5.73 Å². The molecule has 0 aromatic heterocycles. The van der Waals surface area contributed by atoms with Crippen molar-refractivity contribution < 1.29 is 9.58 Å². The fourth-order valence-electron chi connectivity index (χ4n) is 0.991. The first-order chi connectivity index (χ1) is 6.24. The van der Waals surface area contributed by atoms with Crippen molar-refractivity contribution in [3.8, 4) is 0 Å². The lowest BCUT2D eigenvalue weighted by molar-refractivity contribution is -0.117. The third-order valence-corrected chi connectivity index (χ3v) is 1.57. The summed E-state index contributed by atoms with van der Waals surface area (Å²) in [5.41, 5.74) is 14.6. The van der Waals surface area contributed by atoms with Crippen LogP contribution in [-0.4, -0.2) is 16.4 Å². The average Bonchev–Trinajstić information content (AvgIpc) is 2.15. The second kappa shape index (κ2) is 4.18. The van der Waals surface area contributed by atoms with Crippen LogP contribution in [0.2, 0.25) is 0 Å². The summed E-state index contributed by atoms with van der Waals surface area (Å²) in [6.45, 7) is 0. The number of rotatable bonds is 3. The predicted molar refractivity (Wildman–Crippen MR) is 48.0 cm³/mol. The molecule has 4 nitrogen and oxygen atoms in total. The number of hydrogen-bond donors (Lipinski definition) is 1. The first-order valence-electron chi connectivity index (χ1n) is 3.78. The van der Waals surface area contributed by atoms with Crippen LogP contribution in [0, 0.1) is 0 Å². The van der Waals surface area contributed by atoms with E-state index in [2.05, 4.69) is 4.79 Å². The maximum absolute atomic E-state index is 10.6. The van der Waals surface area contributed by atoms with Gasteiger partial charge in [0, 0.05) is 0 Å². The minimum absolute atomic E-state index is 0.0550. The molecule has 13 heavy (non-hydrogen) atoms. The van der Waals surface area contributed by atoms with E-state index in [1.54, 1.807) is 24.3 Å². The number of carbonyl (C=O) groups excluding carboxylic acids is 1. The Morgan fingerprint density at radius 1 is 1.38 bits per heavy atom. The van der Waals surface area contributed by atoms with Gasteiger partial charge in [-0.15, -0.1) is 0 Å².